The summed E-state index contributed by atoms with van der Waals surface area (Å²) in [5.41, 5.74) is -1.26. The van der Waals surface area contributed by atoms with Crippen LogP contribution in [0.25, 0.3) is 0 Å². The number of aliphatic hydroxyl groups is 1. The van der Waals surface area contributed by atoms with Crippen molar-refractivity contribution in [1.29, 1.82) is 0 Å². The molecule has 2 heterocycles. The molecule has 2 fully saturated rings. The molecule has 2 aliphatic rings. The molecule has 0 aromatic heterocycles. The van der Waals surface area contributed by atoms with E-state index in [9.17, 15) is 18.3 Å². The predicted molar refractivity (Wildman–Crippen MR) is 59.7 cm³/mol. The lowest BCUT2D eigenvalue weighted by Gasteiger charge is -2.46. The topological polar surface area (TPSA) is 83.9 Å². The Morgan fingerprint density at radius 1 is 1.53 bits per heavy atom. The lowest BCUT2D eigenvalue weighted by molar-refractivity contribution is -0.136. The zero-order chi connectivity index (χ0) is 13.1. The fourth-order valence-corrected chi connectivity index (χ4v) is 3.73. The first-order valence-corrected chi connectivity index (χ1v) is 6.98. The van der Waals surface area contributed by atoms with Crippen LogP contribution in [-0.4, -0.2) is 53.3 Å². The van der Waals surface area contributed by atoms with Crippen molar-refractivity contribution in [3.8, 4) is 0 Å². The Labute approximate surface area is 101 Å². The molecule has 7 heteroatoms. The molecule has 0 bridgehead atoms. The average Bonchev–Trinajstić information content (AvgIpc) is 2.55. The molecule has 0 aromatic rings. The van der Waals surface area contributed by atoms with E-state index >= 15 is 0 Å². The molecule has 2 saturated heterocycles. The lowest BCUT2D eigenvalue weighted by atomic mass is 9.96. The third kappa shape index (κ3) is 1.52. The van der Waals surface area contributed by atoms with E-state index in [1.54, 1.807) is 6.92 Å². The van der Waals surface area contributed by atoms with E-state index in [4.69, 9.17) is 4.74 Å². The molecule has 1 N–H and O–H groups in total. The summed E-state index contributed by atoms with van der Waals surface area (Å²) in [4.78, 5) is 11.7. The van der Waals surface area contributed by atoms with E-state index in [1.807, 2.05) is 0 Å². The molecular weight excluding hydrogens is 246 g/mol. The van der Waals surface area contributed by atoms with Crippen LogP contribution >= 0.6 is 0 Å². The molecule has 2 rings (SSSR count). The van der Waals surface area contributed by atoms with Gasteiger partial charge in [0.2, 0.25) is 0 Å². The Hall–Kier alpha value is -0.660. The average molecular weight is 263 g/mol. The number of hydrogen-bond donors (Lipinski definition) is 1. The van der Waals surface area contributed by atoms with Gasteiger partial charge in [0.05, 0.1) is 12.6 Å². The van der Waals surface area contributed by atoms with Gasteiger partial charge in [0.1, 0.15) is 5.60 Å². The largest absolute Gasteiger partial charge is 0.385 e. The molecule has 2 aliphatic heterocycles. The first kappa shape index (κ1) is 12.8. The van der Waals surface area contributed by atoms with E-state index < -0.39 is 32.4 Å². The van der Waals surface area contributed by atoms with Gasteiger partial charge in [-0.15, -0.1) is 0 Å². The van der Waals surface area contributed by atoms with Gasteiger partial charge in [-0.25, -0.2) is 12.7 Å². The van der Waals surface area contributed by atoms with Crippen LogP contribution in [0.2, 0.25) is 0 Å². The van der Waals surface area contributed by atoms with Crippen molar-refractivity contribution >= 4 is 15.9 Å². The van der Waals surface area contributed by atoms with Crippen LogP contribution < -0.4 is 0 Å². The molecule has 0 aromatic carbocycles. The number of sulfonamides is 1. The Bertz CT molecular complexity index is 457. The molecule has 0 spiro atoms. The molecule has 2 atom stereocenters. The molecule has 6 nitrogen and oxygen atoms in total. The molecule has 0 aliphatic carbocycles. The Kier molecular flexibility index (Phi) is 2.58. The molecule has 98 valence electrons. The van der Waals surface area contributed by atoms with Crippen molar-refractivity contribution in [2.45, 2.75) is 43.6 Å². The number of hydrogen-bond acceptors (Lipinski definition) is 5. The van der Waals surface area contributed by atoms with E-state index in [1.165, 1.54) is 13.8 Å². The zero-order valence-electron chi connectivity index (χ0n) is 10.1. The van der Waals surface area contributed by atoms with Crippen molar-refractivity contribution in [2.24, 2.45) is 0 Å². The van der Waals surface area contributed by atoms with Gasteiger partial charge in [0, 0.05) is 13.0 Å². The van der Waals surface area contributed by atoms with Crippen LogP contribution in [0.3, 0.4) is 0 Å². The molecular formula is C10H17NO5S. The number of nitrogens with zero attached hydrogens (tertiary/aromatic N) is 1. The quantitative estimate of drug-likeness (QED) is 0.724. The Morgan fingerprint density at radius 3 is 2.53 bits per heavy atom. The smallest absolute Gasteiger partial charge is 0.258 e. The minimum Gasteiger partial charge on any atom is -0.385 e. The zero-order valence-corrected chi connectivity index (χ0v) is 11.0. The highest BCUT2D eigenvalue weighted by Gasteiger charge is 2.62. The predicted octanol–water partition coefficient (Wildman–Crippen LogP) is -0.523. The van der Waals surface area contributed by atoms with Crippen LogP contribution in [0.4, 0.5) is 0 Å². The van der Waals surface area contributed by atoms with Crippen LogP contribution in [0.15, 0.2) is 0 Å². The van der Waals surface area contributed by atoms with Crippen molar-refractivity contribution < 1.29 is 23.1 Å². The number of β-amino-alcohol motifs (C(OH)–C–C–N with tert-alkyl or cyclic N) is 1. The van der Waals surface area contributed by atoms with Gasteiger partial charge in [-0.05, 0) is 20.8 Å². The number of ether oxygens (including phenoxy) is 1. The van der Waals surface area contributed by atoms with Gasteiger partial charge in [0.25, 0.3) is 15.9 Å². The molecule has 17 heavy (non-hydrogen) atoms. The van der Waals surface area contributed by atoms with Gasteiger partial charge >= 0.3 is 0 Å². The molecule has 2 unspecified atom stereocenters. The van der Waals surface area contributed by atoms with E-state index in [0.29, 0.717) is 13.0 Å². The number of rotatable bonds is 2. The normalized spacial score (nSPS) is 39.2. The minimum absolute atomic E-state index is 0.210. The highest BCUT2D eigenvalue weighted by Crippen LogP contribution is 2.38. The van der Waals surface area contributed by atoms with Gasteiger partial charge in [-0.3, -0.25) is 4.79 Å². The van der Waals surface area contributed by atoms with Crippen molar-refractivity contribution in [1.82, 2.24) is 4.31 Å². The third-order valence-electron chi connectivity index (χ3n) is 3.75. The summed E-state index contributed by atoms with van der Waals surface area (Å²) in [5.74, 6) is -0.468. The van der Waals surface area contributed by atoms with Gasteiger partial charge < -0.3 is 9.84 Å². The van der Waals surface area contributed by atoms with Crippen molar-refractivity contribution in [3.05, 3.63) is 0 Å². The molecule has 0 radical (unpaired) electrons. The van der Waals surface area contributed by atoms with Gasteiger partial charge in [-0.1, -0.05) is 0 Å². The van der Waals surface area contributed by atoms with Crippen LogP contribution in [0.5, 0.6) is 0 Å². The standard InChI is InChI=1S/C10H17NO5S/c1-7-10(13,4-5-16-7)6-11-8(12)9(2,3)17(11,14)15/h7,13H,4-6H2,1-3H3. The van der Waals surface area contributed by atoms with Gasteiger partial charge in [-0.2, -0.15) is 0 Å². The second kappa shape index (κ2) is 3.43. The maximum absolute atomic E-state index is 11.9. The molecule has 1 amide bonds. The van der Waals surface area contributed by atoms with E-state index in [0.717, 1.165) is 4.31 Å². The first-order valence-electron chi connectivity index (χ1n) is 5.54. The summed E-state index contributed by atoms with van der Waals surface area (Å²) in [7, 11) is -3.63. The summed E-state index contributed by atoms with van der Waals surface area (Å²) in [6.07, 6.45) is -0.123. The van der Waals surface area contributed by atoms with Crippen LogP contribution in [-0.2, 0) is 19.6 Å². The highest BCUT2D eigenvalue weighted by molar-refractivity contribution is 7.94. The van der Waals surface area contributed by atoms with Crippen LogP contribution in [0, 0.1) is 0 Å². The summed E-state index contributed by atoms with van der Waals surface area (Å²) >= 11 is 0. The fraction of sp³-hybridized carbons (Fsp3) is 0.900. The number of carbonyl (C=O) groups is 1. The van der Waals surface area contributed by atoms with E-state index in [2.05, 4.69) is 0 Å². The Morgan fingerprint density at radius 2 is 2.12 bits per heavy atom. The number of carbonyl (C=O) groups excluding carboxylic acids is 1. The lowest BCUT2D eigenvalue weighted by Crippen LogP contribution is -2.70. The second-order valence-corrected chi connectivity index (χ2v) is 7.61. The monoisotopic (exact) mass is 263 g/mol. The van der Waals surface area contributed by atoms with Gasteiger partial charge in [0.15, 0.2) is 4.75 Å². The van der Waals surface area contributed by atoms with Crippen molar-refractivity contribution in [3.63, 3.8) is 0 Å². The summed E-state index contributed by atoms with van der Waals surface area (Å²) < 4.78 is 28.3. The molecule has 0 saturated carbocycles. The third-order valence-corrected chi connectivity index (χ3v) is 6.09. The fourth-order valence-electron chi connectivity index (χ4n) is 2.14. The van der Waals surface area contributed by atoms with E-state index in [-0.39, 0.29) is 6.54 Å². The van der Waals surface area contributed by atoms with Crippen LogP contribution in [0.1, 0.15) is 27.2 Å². The second-order valence-electron chi connectivity index (χ2n) is 5.19. The summed E-state index contributed by atoms with van der Waals surface area (Å²) in [6, 6.07) is 0. The first-order chi connectivity index (χ1) is 7.63. The minimum atomic E-state index is -3.63. The maximum atomic E-state index is 11.9. The van der Waals surface area contributed by atoms with Crippen molar-refractivity contribution in [2.75, 3.05) is 13.2 Å². The SMILES string of the molecule is CC1OCCC1(O)CN1C(=O)C(C)(C)S1(=O)=O. The summed E-state index contributed by atoms with van der Waals surface area (Å²) in [6.45, 7) is 4.59. The highest BCUT2D eigenvalue weighted by atomic mass is 32.2. The number of amides is 1. The Balaban J connectivity index is 2.20. The summed E-state index contributed by atoms with van der Waals surface area (Å²) in [5, 5.41) is 10.2. The maximum Gasteiger partial charge on any atom is 0.258 e.